The van der Waals surface area contributed by atoms with E-state index < -0.39 is 6.10 Å². The maximum atomic E-state index is 11.4. The number of aliphatic hydroxyl groups excluding tert-OH is 1. The van der Waals surface area contributed by atoms with Gasteiger partial charge in [-0.1, -0.05) is 12.1 Å². The minimum atomic E-state index is -0.789. The van der Waals surface area contributed by atoms with E-state index in [2.05, 4.69) is 11.9 Å². The third-order valence-corrected chi connectivity index (χ3v) is 2.86. The predicted octanol–water partition coefficient (Wildman–Crippen LogP) is 1.82. The first-order chi connectivity index (χ1) is 9.62. The Morgan fingerprint density at radius 3 is 2.70 bits per heavy atom. The van der Waals surface area contributed by atoms with E-state index in [0.29, 0.717) is 29.9 Å². The van der Waals surface area contributed by atoms with E-state index in [4.69, 9.17) is 9.47 Å². The fraction of sp³-hybridized carbons (Fsp3) is 0.400. The molecular formula is C15H21NO4. The van der Waals surface area contributed by atoms with Crippen LogP contribution < -0.4 is 14.8 Å². The lowest BCUT2D eigenvalue weighted by molar-refractivity contribution is -0.121. The molecule has 0 aromatic heterocycles. The Hall–Kier alpha value is -2.01. The molecule has 0 radical (unpaired) electrons. The van der Waals surface area contributed by atoms with Gasteiger partial charge in [0.1, 0.15) is 0 Å². The van der Waals surface area contributed by atoms with Gasteiger partial charge in [0.05, 0.1) is 20.3 Å². The van der Waals surface area contributed by atoms with E-state index in [-0.39, 0.29) is 12.5 Å². The van der Waals surface area contributed by atoms with E-state index in [9.17, 15) is 9.90 Å². The summed E-state index contributed by atoms with van der Waals surface area (Å²) >= 11 is 0. The number of hydrogen-bond acceptors (Lipinski definition) is 4. The molecule has 1 atom stereocenters. The minimum absolute atomic E-state index is 0.107. The minimum Gasteiger partial charge on any atom is -0.493 e. The molecular weight excluding hydrogens is 258 g/mol. The van der Waals surface area contributed by atoms with Gasteiger partial charge in [0.15, 0.2) is 11.5 Å². The van der Waals surface area contributed by atoms with Crippen LogP contribution in [0.15, 0.2) is 30.9 Å². The average molecular weight is 279 g/mol. The zero-order chi connectivity index (χ0) is 15.0. The topological polar surface area (TPSA) is 67.8 Å². The van der Waals surface area contributed by atoms with Crippen molar-refractivity contribution in [3.8, 4) is 11.5 Å². The lowest BCUT2D eigenvalue weighted by Gasteiger charge is -2.14. The summed E-state index contributed by atoms with van der Waals surface area (Å²) in [5, 5.41) is 12.7. The van der Waals surface area contributed by atoms with E-state index in [1.54, 1.807) is 31.4 Å². The molecule has 0 heterocycles. The Kier molecular flexibility index (Phi) is 6.59. The van der Waals surface area contributed by atoms with Crippen LogP contribution in [0, 0.1) is 0 Å². The number of methoxy groups -OCH3 is 2. The monoisotopic (exact) mass is 279 g/mol. The molecule has 0 spiro atoms. The van der Waals surface area contributed by atoms with E-state index in [1.165, 1.54) is 7.11 Å². The average Bonchev–Trinajstić information content (AvgIpc) is 2.49. The second kappa shape index (κ2) is 8.22. The highest BCUT2D eigenvalue weighted by Gasteiger charge is 2.12. The molecule has 0 fully saturated rings. The summed E-state index contributed by atoms with van der Waals surface area (Å²) in [6.45, 7) is 3.71. The van der Waals surface area contributed by atoms with Gasteiger partial charge in [-0.3, -0.25) is 4.79 Å². The van der Waals surface area contributed by atoms with Gasteiger partial charge in [-0.05, 0) is 24.1 Å². The molecule has 2 N–H and O–H groups in total. The first kappa shape index (κ1) is 16.0. The zero-order valence-corrected chi connectivity index (χ0v) is 11.9. The molecule has 0 aliphatic heterocycles. The summed E-state index contributed by atoms with van der Waals surface area (Å²) in [7, 11) is 3.08. The van der Waals surface area contributed by atoms with Crippen LogP contribution in [0.3, 0.4) is 0 Å². The highest BCUT2D eigenvalue weighted by atomic mass is 16.5. The summed E-state index contributed by atoms with van der Waals surface area (Å²) in [4.78, 5) is 11.4. The van der Waals surface area contributed by atoms with Gasteiger partial charge in [0.25, 0.3) is 0 Å². The van der Waals surface area contributed by atoms with Crippen LogP contribution >= 0.6 is 0 Å². The van der Waals surface area contributed by atoms with Gasteiger partial charge in [-0.2, -0.15) is 0 Å². The van der Waals surface area contributed by atoms with Crippen molar-refractivity contribution in [3.63, 3.8) is 0 Å². The molecule has 1 aromatic carbocycles. The Bertz CT molecular complexity index is 459. The summed E-state index contributed by atoms with van der Waals surface area (Å²) in [6, 6.07) is 5.15. The zero-order valence-electron chi connectivity index (χ0n) is 11.9. The quantitative estimate of drug-likeness (QED) is 0.712. The number of rotatable bonds is 8. The van der Waals surface area contributed by atoms with Crippen molar-refractivity contribution in [1.29, 1.82) is 0 Å². The number of ether oxygens (including phenoxy) is 2. The van der Waals surface area contributed by atoms with Crippen molar-refractivity contribution < 1.29 is 19.4 Å². The van der Waals surface area contributed by atoms with Crippen LogP contribution in [0.1, 0.15) is 24.5 Å². The summed E-state index contributed by atoms with van der Waals surface area (Å²) in [5.74, 6) is 1.03. The van der Waals surface area contributed by atoms with Crippen molar-refractivity contribution in [2.24, 2.45) is 0 Å². The Morgan fingerprint density at radius 1 is 1.40 bits per heavy atom. The fourth-order valence-electron chi connectivity index (χ4n) is 1.71. The standard InChI is InChI=1S/C15H21NO4/c1-4-5-6-15(18)16-10-12(17)11-7-8-13(19-2)14(9-11)20-3/h4,7-9,12,17H,1,5-6,10H2,2-3H3,(H,16,18). The molecule has 0 saturated carbocycles. The molecule has 1 amide bonds. The Balaban J connectivity index is 2.61. The van der Waals surface area contributed by atoms with Gasteiger partial charge in [-0.25, -0.2) is 0 Å². The maximum Gasteiger partial charge on any atom is 0.220 e. The molecule has 0 saturated heterocycles. The lowest BCUT2D eigenvalue weighted by Crippen LogP contribution is -2.28. The fourth-order valence-corrected chi connectivity index (χ4v) is 1.71. The number of benzene rings is 1. The number of allylic oxidation sites excluding steroid dienone is 1. The van der Waals surface area contributed by atoms with Gasteiger partial charge in [-0.15, -0.1) is 6.58 Å². The summed E-state index contributed by atoms with van der Waals surface area (Å²) in [5.41, 5.74) is 0.659. The van der Waals surface area contributed by atoms with Gasteiger partial charge >= 0.3 is 0 Å². The van der Waals surface area contributed by atoms with E-state index >= 15 is 0 Å². The van der Waals surface area contributed by atoms with Crippen LogP contribution in [0.2, 0.25) is 0 Å². The highest BCUT2D eigenvalue weighted by molar-refractivity contribution is 5.76. The molecule has 1 unspecified atom stereocenters. The lowest BCUT2D eigenvalue weighted by atomic mass is 10.1. The maximum absolute atomic E-state index is 11.4. The molecule has 110 valence electrons. The normalized spacial score (nSPS) is 11.6. The van der Waals surface area contributed by atoms with E-state index in [1.807, 2.05) is 0 Å². The number of amides is 1. The highest BCUT2D eigenvalue weighted by Crippen LogP contribution is 2.29. The first-order valence-corrected chi connectivity index (χ1v) is 6.40. The molecule has 1 aromatic rings. The van der Waals surface area contributed by atoms with Crippen LogP contribution in [-0.4, -0.2) is 31.8 Å². The van der Waals surface area contributed by atoms with Crippen LogP contribution in [0.5, 0.6) is 11.5 Å². The largest absolute Gasteiger partial charge is 0.493 e. The first-order valence-electron chi connectivity index (χ1n) is 6.40. The molecule has 0 aliphatic rings. The molecule has 0 bridgehead atoms. The summed E-state index contributed by atoms with van der Waals surface area (Å²) in [6.07, 6.45) is 1.90. The second-order valence-corrected chi connectivity index (χ2v) is 4.26. The van der Waals surface area contributed by atoms with Gasteiger partial charge in [0.2, 0.25) is 5.91 Å². The molecule has 5 nitrogen and oxygen atoms in total. The van der Waals surface area contributed by atoms with Crippen LogP contribution in [-0.2, 0) is 4.79 Å². The molecule has 1 rings (SSSR count). The van der Waals surface area contributed by atoms with E-state index in [0.717, 1.165) is 0 Å². The van der Waals surface area contributed by atoms with Crippen molar-refractivity contribution in [2.45, 2.75) is 18.9 Å². The smallest absolute Gasteiger partial charge is 0.220 e. The molecule has 5 heteroatoms. The number of hydrogen-bond donors (Lipinski definition) is 2. The van der Waals surface area contributed by atoms with Crippen molar-refractivity contribution in [1.82, 2.24) is 5.32 Å². The van der Waals surface area contributed by atoms with Crippen molar-refractivity contribution in [2.75, 3.05) is 20.8 Å². The third-order valence-electron chi connectivity index (χ3n) is 2.86. The van der Waals surface area contributed by atoms with Gasteiger partial charge in [0, 0.05) is 13.0 Å². The Labute approximate surface area is 119 Å². The number of carbonyl (C=O) groups is 1. The van der Waals surface area contributed by atoms with Crippen LogP contribution in [0.25, 0.3) is 0 Å². The number of nitrogens with one attached hydrogen (secondary N) is 1. The SMILES string of the molecule is C=CCCC(=O)NCC(O)c1ccc(OC)c(OC)c1. The van der Waals surface area contributed by atoms with Crippen molar-refractivity contribution in [3.05, 3.63) is 36.4 Å². The Morgan fingerprint density at radius 2 is 2.10 bits per heavy atom. The van der Waals surface area contributed by atoms with Gasteiger partial charge < -0.3 is 19.9 Å². The van der Waals surface area contributed by atoms with Crippen LogP contribution in [0.4, 0.5) is 0 Å². The summed E-state index contributed by atoms with van der Waals surface area (Å²) < 4.78 is 10.3. The molecule has 20 heavy (non-hydrogen) atoms. The number of carbonyl (C=O) groups excluding carboxylic acids is 1. The van der Waals surface area contributed by atoms with Crippen molar-refractivity contribution >= 4 is 5.91 Å². The molecule has 0 aliphatic carbocycles. The predicted molar refractivity (Wildman–Crippen MR) is 76.9 cm³/mol. The second-order valence-electron chi connectivity index (χ2n) is 4.26. The third kappa shape index (κ3) is 4.59. The number of aliphatic hydroxyl groups is 1.